The highest BCUT2D eigenvalue weighted by Crippen LogP contribution is 2.25. The zero-order valence-corrected chi connectivity index (χ0v) is 17.5. The SMILES string of the molecule is Cc1ccc(-c2nnc(SCC(=O)Nc3ccc(N4CCCC4)cc3)o2)cc1C. The van der Waals surface area contributed by atoms with Crippen molar-refractivity contribution in [3.63, 3.8) is 0 Å². The number of hydrogen-bond donors (Lipinski definition) is 1. The predicted molar refractivity (Wildman–Crippen MR) is 116 cm³/mol. The normalized spacial score (nSPS) is 13.7. The Kier molecular flexibility index (Phi) is 5.85. The third-order valence-electron chi connectivity index (χ3n) is 5.11. The van der Waals surface area contributed by atoms with Crippen LogP contribution in [0, 0.1) is 13.8 Å². The number of benzene rings is 2. The molecule has 6 nitrogen and oxygen atoms in total. The Balaban J connectivity index is 1.30. The van der Waals surface area contributed by atoms with E-state index in [0.29, 0.717) is 11.1 Å². The molecule has 0 radical (unpaired) electrons. The number of nitrogens with zero attached hydrogens (tertiary/aromatic N) is 3. The quantitative estimate of drug-likeness (QED) is 0.597. The number of rotatable bonds is 6. The molecule has 1 aliphatic heterocycles. The topological polar surface area (TPSA) is 71.3 Å². The number of anilines is 2. The summed E-state index contributed by atoms with van der Waals surface area (Å²) >= 11 is 1.23. The van der Waals surface area contributed by atoms with Gasteiger partial charge in [-0.1, -0.05) is 17.8 Å². The number of aryl methyl sites for hydroxylation is 2. The Labute approximate surface area is 174 Å². The van der Waals surface area contributed by atoms with Crippen LogP contribution in [0.25, 0.3) is 11.5 Å². The molecule has 1 aromatic heterocycles. The molecule has 0 unspecified atom stereocenters. The van der Waals surface area contributed by atoms with Crippen molar-refractivity contribution in [3.05, 3.63) is 53.6 Å². The minimum absolute atomic E-state index is 0.102. The summed E-state index contributed by atoms with van der Waals surface area (Å²) in [7, 11) is 0. The smallest absolute Gasteiger partial charge is 0.277 e. The molecule has 1 N–H and O–H groups in total. The monoisotopic (exact) mass is 408 g/mol. The van der Waals surface area contributed by atoms with Crippen LogP contribution in [0.3, 0.4) is 0 Å². The van der Waals surface area contributed by atoms with Crippen molar-refractivity contribution in [1.29, 1.82) is 0 Å². The van der Waals surface area contributed by atoms with E-state index in [4.69, 9.17) is 4.42 Å². The van der Waals surface area contributed by atoms with Crippen molar-refractivity contribution >= 4 is 29.0 Å². The molecular formula is C22H24N4O2S. The van der Waals surface area contributed by atoms with Crippen LogP contribution in [-0.2, 0) is 4.79 Å². The fraction of sp³-hybridized carbons (Fsp3) is 0.318. The Morgan fingerprint density at radius 2 is 1.83 bits per heavy atom. The molecule has 1 saturated heterocycles. The average molecular weight is 409 g/mol. The van der Waals surface area contributed by atoms with Crippen molar-refractivity contribution in [1.82, 2.24) is 10.2 Å². The zero-order valence-electron chi connectivity index (χ0n) is 16.6. The van der Waals surface area contributed by atoms with Gasteiger partial charge in [0.2, 0.25) is 11.8 Å². The lowest BCUT2D eigenvalue weighted by molar-refractivity contribution is -0.113. The third-order valence-corrected chi connectivity index (χ3v) is 5.93. The van der Waals surface area contributed by atoms with Gasteiger partial charge in [-0.15, -0.1) is 10.2 Å². The summed E-state index contributed by atoms with van der Waals surface area (Å²) in [6.07, 6.45) is 2.49. The van der Waals surface area contributed by atoms with E-state index in [9.17, 15) is 4.79 Å². The maximum Gasteiger partial charge on any atom is 0.277 e. The van der Waals surface area contributed by atoms with Crippen molar-refractivity contribution in [2.45, 2.75) is 31.9 Å². The number of amides is 1. The highest BCUT2D eigenvalue weighted by molar-refractivity contribution is 7.99. The predicted octanol–water partition coefficient (Wildman–Crippen LogP) is 4.68. The minimum atomic E-state index is -0.102. The molecule has 0 aliphatic carbocycles. The van der Waals surface area contributed by atoms with E-state index < -0.39 is 0 Å². The molecule has 150 valence electrons. The Morgan fingerprint density at radius 3 is 2.55 bits per heavy atom. The second kappa shape index (κ2) is 8.69. The summed E-state index contributed by atoms with van der Waals surface area (Å²) in [5.74, 6) is 0.575. The van der Waals surface area contributed by atoms with Crippen LogP contribution >= 0.6 is 11.8 Å². The number of hydrogen-bond acceptors (Lipinski definition) is 6. The molecule has 1 aliphatic rings. The molecule has 1 fully saturated rings. The largest absolute Gasteiger partial charge is 0.411 e. The maximum absolute atomic E-state index is 12.3. The molecule has 29 heavy (non-hydrogen) atoms. The fourth-order valence-corrected chi connectivity index (χ4v) is 3.88. The lowest BCUT2D eigenvalue weighted by Gasteiger charge is -2.17. The lowest BCUT2D eigenvalue weighted by atomic mass is 10.1. The average Bonchev–Trinajstić information content (AvgIpc) is 3.41. The molecular weight excluding hydrogens is 384 g/mol. The van der Waals surface area contributed by atoms with Gasteiger partial charge in [-0.05, 0) is 74.2 Å². The van der Waals surface area contributed by atoms with Crippen molar-refractivity contribution in [2.24, 2.45) is 0 Å². The number of thioether (sulfide) groups is 1. The van der Waals surface area contributed by atoms with Gasteiger partial charge in [0, 0.05) is 30.0 Å². The number of nitrogens with one attached hydrogen (secondary N) is 1. The van der Waals surface area contributed by atoms with Gasteiger partial charge in [-0.25, -0.2) is 0 Å². The summed E-state index contributed by atoms with van der Waals surface area (Å²) < 4.78 is 5.69. The van der Waals surface area contributed by atoms with Crippen LogP contribution in [0.2, 0.25) is 0 Å². The second-order valence-electron chi connectivity index (χ2n) is 7.25. The molecule has 1 amide bonds. The summed E-state index contributed by atoms with van der Waals surface area (Å²) in [4.78, 5) is 14.6. The molecule has 0 spiro atoms. The van der Waals surface area contributed by atoms with Crippen LogP contribution in [0.1, 0.15) is 24.0 Å². The van der Waals surface area contributed by atoms with Gasteiger partial charge in [0.1, 0.15) is 0 Å². The van der Waals surface area contributed by atoms with E-state index in [1.54, 1.807) is 0 Å². The molecule has 0 atom stereocenters. The van der Waals surface area contributed by atoms with Crippen LogP contribution in [-0.4, -0.2) is 34.9 Å². The van der Waals surface area contributed by atoms with Gasteiger partial charge in [-0.3, -0.25) is 4.79 Å². The summed E-state index contributed by atoms with van der Waals surface area (Å²) in [6.45, 7) is 6.33. The van der Waals surface area contributed by atoms with Gasteiger partial charge in [0.25, 0.3) is 5.22 Å². The third kappa shape index (κ3) is 4.79. The number of carbonyl (C=O) groups is 1. The van der Waals surface area contributed by atoms with E-state index in [1.807, 2.05) is 37.3 Å². The first-order valence-corrected chi connectivity index (χ1v) is 10.8. The molecule has 0 saturated carbocycles. The molecule has 2 aromatic carbocycles. The Hall–Kier alpha value is -2.80. The summed E-state index contributed by atoms with van der Waals surface area (Å²) in [5.41, 5.74) is 5.27. The van der Waals surface area contributed by atoms with Crippen LogP contribution in [0.15, 0.2) is 52.1 Å². The van der Waals surface area contributed by atoms with Gasteiger partial charge in [0.05, 0.1) is 5.75 Å². The van der Waals surface area contributed by atoms with Crippen LogP contribution in [0.5, 0.6) is 0 Å². The molecule has 0 bridgehead atoms. The fourth-order valence-electron chi connectivity index (χ4n) is 3.31. The summed E-state index contributed by atoms with van der Waals surface area (Å²) in [6, 6.07) is 14.0. The van der Waals surface area contributed by atoms with E-state index in [2.05, 4.69) is 39.5 Å². The van der Waals surface area contributed by atoms with Crippen molar-refractivity contribution in [3.8, 4) is 11.5 Å². The van der Waals surface area contributed by atoms with E-state index in [-0.39, 0.29) is 11.7 Å². The van der Waals surface area contributed by atoms with E-state index >= 15 is 0 Å². The van der Waals surface area contributed by atoms with Gasteiger partial charge < -0.3 is 14.6 Å². The lowest BCUT2D eigenvalue weighted by Crippen LogP contribution is -2.18. The van der Waals surface area contributed by atoms with Crippen LogP contribution < -0.4 is 10.2 Å². The minimum Gasteiger partial charge on any atom is -0.411 e. The standard InChI is InChI=1S/C22H24N4O2S/c1-15-5-6-17(13-16(15)2)21-24-25-22(28-21)29-14-20(27)23-18-7-9-19(10-8-18)26-11-3-4-12-26/h5-10,13H,3-4,11-12,14H2,1-2H3,(H,23,27). The van der Waals surface area contributed by atoms with E-state index in [1.165, 1.54) is 41.4 Å². The Morgan fingerprint density at radius 1 is 1.07 bits per heavy atom. The number of aromatic nitrogens is 2. The highest BCUT2D eigenvalue weighted by Gasteiger charge is 2.14. The molecule has 3 aromatic rings. The number of carbonyl (C=O) groups excluding carboxylic acids is 1. The van der Waals surface area contributed by atoms with E-state index in [0.717, 1.165) is 24.3 Å². The molecule has 2 heterocycles. The van der Waals surface area contributed by atoms with Gasteiger partial charge >= 0.3 is 0 Å². The molecule has 4 rings (SSSR count). The second-order valence-corrected chi connectivity index (χ2v) is 8.18. The zero-order chi connectivity index (χ0) is 20.2. The molecule has 7 heteroatoms. The maximum atomic E-state index is 12.3. The van der Waals surface area contributed by atoms with Gasteiger partial charge in [0.15, 0.2) is 0 Å². The van der Waals surface area contributed by atoms with Crippen molar-refractivity contribution < 1.29 is 9.21 Å². The highest BCUT2D eigenvalue weighted by atomic mass is 32.2. The Bertz CT molecular complexity index is 994. The van der Waals surface area contributed by atoms with Crippen molar-refractivity contribution in [2.75, 3.05) is 29.1 Å². The van der Waals surface area contributed by atoms with Crippen LogP contribution in [0.4, 0.5) is 11.4 Å². The first kappa shape index (κ1) is 19.5. The van der Waals surface area contributed by atoms with Gasteiger partial charge in [-0.2, -0.15) is 0 Å². The first-order chi connectivity index (χ1) is 14.1. The summed E-state index contributed by atoms with van der Waals surface area (Å²) in [5, 5.41) is 11.4. The first-order valence-electron chi connectivity index (χ1n) is 9.77.